The molecule has 292 valence electrons. The van der Waals surface area contributed by atoms with Crippen LogP contribution < -0.4 is 0 Å². The quantitative estimate of drug-likeness (QED) is 0.0225. The van der Waals surface area contributed by atoms with Crippen molar-refractivity contribution in [3.8, 4) is 0 Å². The molecule has 0 aromatic rings. The highest BCUT2D eigenvalue weighted by Crippen LogP contribution is 2.13. The largest absolute Gasteiger partial charge is 0.477 e. The van der Waals surface area contributed by atoms with E-state index in [4.69, 9.17) is 18.9 Å². The third kappa shape index (κ3) is 34.2. The van der Waals surface area contributed by atoms with E-state index in [0.29, 0.717) is 23.9 Å². The molecule has 0 aliphatic carbocycles. The molecule has 9 heteroatoms. The number of nitrogens with zero attached hydrogens (tertiary/aromatic N) is 1. The molecule has 0 bridgehead atoms. The summed E-state index contributed by atoms with van der Waals surface area (Å²) < 4.78 is 22.6. The van der Waals surface area contributed by atoms with Crippen LogP contribution in [0.25, 0.3) is 0 Å². The average molecular weight is 711 g/mol. The van der Waals surface area contributed by atoms with Gasteiger partial charge in [-0.15, -0.1) is 0 Å². The molecule has 1 N–H and O–H groups in total. The van der Waals surface area contributed by atoms with Gasteiger partial charge in [0, 0.05) is 12.8 Å². The minimum Gasteiger partial charge on any atom is -0.477 e. The number of esters is 2. The first-order valence-corrected chi connectivity index (χ1v) is 20.0. The standard InChI is InChI=1S/C41H75NO8/c1-6-8-10-12-14-16-18-19-20-21-22-24-26-28-30-32-39(44)50-37(36-49-41(40(45)46)47-34-33-42(3,4)5)35-48-38(43)31-29-27-25-23-17-15-13-11-9-7-2/h11,13,19-20,37,41H,6-10,12,14-18,21-36H2,1-5H3/p+1/b13-11-,20-19-. The topological polar surface area (TPSA) is 108 Å². The molecular weight excluding hydrogens is 634 g/mol. The summed E-state index contributed by atoms with van der Waals surface area (Å²) >= 11 is 0. The van der Waals surface area contributed by atoms with Crippen LogP contribution in [0.2, 0.25) is 0 Å². The molecule has 0 aromatic carbocycles. The third-order valence-electron chi connectivity index (χ3n) is 8.41. The van der Waals surface area contributed by atoms with Crippen LogP contribution in [0, 0.1) is 0 Å². The van der Waals surface area contributed by atoms with Gasteiger partial charge in [-0.3, -0.25) is 9.59 Å². The van der Waals surface area contributed by atoms with E-state index in [1.54, 1.807) is 0 Å². The fourth-order valence-electron chi connectivity index (χ4n) is 5.24. The highest BCUT2D eigenvalue weighted by molar-refractivity contribution is 5.71. The summed E-state index contributed by atoms with van der Waals surface area (Å²) in [6, 6.07) is 0. The lowest BCUT2D eigenvalue weighted by atomic mass is 10.1. The molecule has 50 heavy (non-hydrogen) atoms. The number of ether oxygens (including phenoxy) is 4. The second kappa shape index (κ2) is 33.9. The first-order chi connectivity index (χ1) is 24.1. The van der Waals surface area contributed by atoms with Crippen LogP contribution in [-0.4, -0.2) is 87.4 Å². The van der Waals surface area contributed by atoms with Crippen LogP contribution in [0.4, 0.5) is 0 Å². The minimum atomic E-state index is -1.51. The third-order valence-corrected chi connectivity index (χ3v) is 8.41. The van der Waals surface area contributed by atoms with E-state index in [9.17, 15) is 19.5 Å². The van der Waals surface area contributed by atoms with Crippen LogP contribution >= 0.6 is 0 Å². The Morgan fingerprint density at radius 1 is 0.580 bits per heavy atom. The number of rotatable bonds is 36. The Balaban J connectivity index is 4.52. The molecule has 0 aliphatic heterocycles. The number of carbonyl (C=O) groups is 3. The predicted molar refractivity (Wildman–Crippen MR) is 203 cm³/mol. The molecule has 0 aliphatic rings. The zero-order valence-electron chi connectivity index (χ0n) is 32.8. The van der Waals surface area contributed by atoms with Crippen molar-refractivity contribution in [2.75, 3.05) is 47.5 Å². The van der Waals surface area contributed by atoms with Crippen molar-refractivity contribution in [3.63, 3.8) is 0 Å². The molecule has 0 fully saturated rings. The van der Waals surface area contributed by atoms with Crippen molar-refractivity contribution in [2.24, 2.45) is 0 Å². The Bertz CT molecular complexity index is 882. The summed E-state index contributed by atoms with van der Waals surface area (Å²) in [6.45, 7) is 4.76. The first kappa shape index (κ1) is 47.8. The SMILES string of the molecule is CCC/C=C\CCCCCCCC(=O)OCC(COC(OCC[N+](C)(C)C)C(=O)O)OC(=O)CCCCCCC/C=C\CCCCCCCC. The van der Waals surface area contributed by atoms with E-state index < -0.39 is 24.3 Å². The van der Waals surface area contributed by atoms with E-state index >= 15 is 0 Å². The van der Waals surface area contributed by atoms with Gasteiger partial charge in [-0.05, 0) is 57.8 Å². The van der Waals surface area contributed by atoms with Gasteiger partial charge in [0.05, 0.1) is 34.4 Å². The fraction of sp³-hybridized carbons (Fsp3) is 0.829. The van der Waals surface area contributed by atoms with Gasteiger partial charge in [-0.2, -0.15) is 0 Å². The van der Waals surface area contributed by atoms with Gasteiger partial charge in [-0.25, -0.2) is 4.79 Å². The van der Waals surface area contributed by atoms with E-state index in [2.05, 4.69) is 38.2 Å². The van der Waals surface area contributed by atoms with Crippen molar-refractivity contribution >= 4 is 17.9 Å². The molecule has 9 nitrogen and oxygen atoms in total. The van der Waals surface area contributed by atoms with Crippen LogP contribution in [-0.2, 0) is 33.3 Å². The molecule has 0 heterocycles. The smallest absolute Gasteiger partial charge is 0.361 e. The maximum atomic E-state index is 12.7. The van der Waals surface area contributed by atoms with Gasteiger partial charge in [0.1, 0.15) is 13.2 Å². The number of quaternary nitrogens is 1. The van der Waals surface area contributed by atoms with Crippen LogP contribution in [0.5, 0.6) is 0 Å². The maximum absolute atomic E-state index is 12.7. The summed E-state index contributed by atoms with van der Waals surface area (Å²) in [7, 11) is 5.94. The van der Waals surface area contributed by atoms with E-state index in [0.717, 1.165) is 77.0 Å². The zero-order valence-corrected chi connectivity index (χ0v) is 32.8. The van der Waals surface area contributed by atoms with Crippen molar-refractivity contribution < 1.29 is 42.9 Å². The molecule has 0 rings (SSSR count). The Kier molecular flexibility index (Phi) is 32.4. The van der Waals surface area contributed by atoms with Gasteiger partial charge in [-0.1, -0.05) is 115 Å². The van der Waals surface area contributed by atoms with Gasteiger partial charge in [0.2, 0.25) is 0 Å². The van der Waals surface area contributed by atoms with Crippen LogP contribution in [0.15, 0.2) is 24.3 Å². The summed E-state index contributed by atoms with van der Waals surface area (Å²) in [4.78, 5) is 36.9. The van der Waals surface area contributed by atoms with Gasteiger partial charge < -0.3 is 28.5 Å². The summed E-state index contributed by atoms with van der Waals surface area (Å²) in [5, 5.41) is 9.59. The van der Waals surface area contributed by atoms with Gasteiger partial charge in [0.25, 0.3) is 6.29 Å². The Morgan fingerprint density at radius 3 is 1.56 bits per heavy atom. The number of hydrogen-bond acceptors (Lipinski definition) is 7. The number of allylic oxidation sites excluding steroid dienone is 4. The number of carboxylic acids is 1. The Morgan fingerprint density at radius 2 is 1.06 bits per heavy atom. The Labute approximate surface area is 306 Å². The zero-order chi connectivity index (χ0) is 37.1. The Hall–Kier alpha value is -2.23. The fourth-order valence-corrected chi connectivity index (χ4v) is 5.24. The lowest BCUT2D eigenvalue weighted by Gasteiger charge is -2.25. The monoisotopic (exact) mass is 711 g/mol. The van der Waals surface area contributed by atoms with E-state index in [1.165, 1.54) is 51.4 Å². The number of likely N-dealkylation sites (N-methyl/N-ethyl adjacent to an activating group) is 1. The van der Waals surface area contributed by atoms with Crippen molar-refractivity contribution in [1.29, 1.82) is 0 Å². The first-order valence-electron chi connectivity index (χ1n) is 20.0. The molecule has 0 saturated heterocycles. The number of carboxylic acid groups (broad SMARTS) is 1. The molecule has 0 amide bonds. The highest BCUT2D eigenvalue weighted by Gasteiger charge is 2.25. The summed E-state index contributed by atoms with van der Waals surface area (Å²) in [6.07, 6.45) is 31.0. The predicted octanol–water partition coefficient (Wildman–Crippen LogP) is 9.72. The summed E-state index contributed by atoms with van der Waals surface area (Å²) in [5.74, 6) is -2.03. The molecule has 2 atom stereocenters. The number of carbonyl (C=O) groups excluding carboxylic acids is 2. The summed E-state index contributed by atoms with van der Waals surface area (Å²) in [5.41, 5.74) is 0. The second-order valence-electron chi connectivity index (χ2n) is 14.6. The normalized spacial score (nSPS) is 13.2. The van der Waals surface area contributed by atoms with Crippen LogP contribution in [0.1, 0.15) is 162 Å². The number of aliphatic carboxylic acids is 1. The van der Waals surface area contributed by atoms with Gasteiger partial charge in [0.15, 0.2) is 6.10 Å². The highest BCUT2D eigenvalue weighted by atomic mass is 16.7. The molecule has 0 radical (unpaired) electrons. The molecule has 0 saturated carbocycles. The lowest BCUT2D eigenvalue weighted by Crippen LogP contribution is -2.40. The minimum absolute atomic E-state index is 0.185. The van der Waals surface area contributed by atoms with E-state index in [1.807, 2.05) is 21.1 Å². The number of unbranched alkanes of at least 4 members (excludes halogenated alkanes) is 17. The molecule has 0 aromatic heterocycles. The lowest BCUT2D eigenvalue weighted by molar-refractivity contribution is -0.870. The molecular formula is C41H76NO8+. The number of hydrogen-bond donors (Lipinski definition) is 1. The van der Waals surface area contributed by atoms with Crippen LogP contribution in [0.3, 0.4) is 0 Å². The average Bonchev–Trinajstić information content (AvgIpc) is 3.06. The van der Waals surface area contributed by atoms with Gasteiger partial charge >= 0.3 is 17.9 Å². The second-order valence-corrected chi connectivity index (χ2v) is 14.6. The van der Waals surface area contributed by atoms with Crippen molar-refractivity contribution in [2.45, 2.75) is 174 Å². The molecule has 2 unspecified atom stereocenters. The van der Waals surface area contributed by atoms with Crippen molar-refractivity contribution in [3.05, 3.63) is 24.3 Å². The van der Waals surface area contributed by atoms with E-state index in [-0.39, 0.29) is 32.2 Å². The van der Waals surface area contributed by atoms with Crippen molar-refractivity contribution in [1.82, 2.24) is 0 Å². The maximum Gasteiger partial charge on any atom is 0.361 e. The molecule has 0 spiro atoms.